The molecule has 0 amide bonds. The lowest BCUT2D eigenvalue weighted by atomic mass is 10.0. The third-order valence-electron chi connectivity index (χ3n) is 14.8. The fourth-order valence-corrected chi connectivity index (χ4v) is 17.1. The molecular weight excluding hydrogens is 863 g/mol. The zero-order chi connectivity index (χ0) is 46.2. The van der Waals surface area contributed by atoms with E-state index in [9.17, 15) is 0 Å². The van der Waals surface area contributed by atoms with Gasteiger partial charge in [-0.25, -0.2) is 0 Å². The Hall–Kier alpha value is -8.96. The summed E-state index contributed by atoms with van der Waals surface area (Å²) in [6, 6.07) is 102. The second-order valence-electron chi connectivity index (χ2n) is 18.3. The maximum Gasteiger partial charge on any atom is 0.184 e. The van der Waals surface area contributed by atoms with Gasteiger partial charge in [-0.15, -0.1) is 0 Å². The molecule has 70 heavy (non-hydrogen) atoms. The lowest BCUT2D eigenvalue weighted by Crippen LogP contribution is -2.75. The summed E-state index contributed by atoms with van der Waals surface area (Å²) in [5.41, 5.74) is 13.0. The zero-order valence-corrected chi connectivity index (χ0v) is 39.3. The highest BCUT2D eigenvalue weighted by molar-refractivity contribution is 7.21. The van der Waals surface area contributed by atoms with Gasteiger partial charge in [-0.05, 0) is 69.7 Å². The third-order valence-corrected chi connectivity index (χ3v) is 19.6. The molecule has 0 aliphatic heterocycles. The van der Waals surface area contributed by atoms with Crippen LogP contribution in [0.4, 0.5) is 0 Å². The van der Waals surface area contributed by atoms with Crippen molar-refractivity contribution >= 4 is 94.2 Å². The molecule has 14 aromatic rings. The van der Waals surface area contributed by atoms with E-state index < -0.39 is 8.07 Å². The average Bonchev–Trinajstić information content (AvgIpc) is 4.09. The van der Waals surface area contributed by atoms with E-state index in [-0.39, 0.29) is 0 Å². The van der Waals surface area contributed by atoms with E-state index in [1.54, 1.807) is 0 Å². The minimum Gasteiger partial charge on any atom is -0.309 e. The van der Waals surface area contributed by atoms with E-state index in [0.717, 1.165) is 16.9 Å². The highest BCUT2D eigenvalue weighted by Crippen LogP contribution is 2.43. The Bertz CT molecular complexity index is 4130. The SMILES string of the molecule is c1ccc(-c2ccccc2-n2c3ccccc3c3c(-n4c5ccccc5c5ccc(-n6c7ccccc7c7ccccc76)c([Si](c6ccccc6)(c6ccccc6)c6ccccc6)c54)cccc32)cc1. The molecule has 0 aliphatic carbocycles. The van der Waals surface area contributed by atoms with Gasteiger partial charge < -0.3 is 13.7 Å². The van der Waals surface area contributed by atoms with Gasteiger partial charge in [0.25, 0.3) is 0 Å². The number of aromatic nitrogens is 3. The van der Waals surface area contributed by atoms with Crippen LogP contribution in [0.2, 0.25) is 0 Å². The summed E-state index contributed by atoms with van der Waals surface area (Å²) in [5, 5.41) is 12.7. The Morgan fingerprint density at radius 3 is 1.21 bits per heavy atom. The lowest BCUT2D eigenvalue weighted by Gasteiger charge is -2.37. The highest BCUT2D eigenvalue weighted by Gasteiger charge is 2.46. The molecule has 0 radical (unpaired) electrons. The molecule has 0 atom stereocenters. The molecule has 0 spiro atoms. The van der Waals surface area contributed by atoms with Crippen LogP contribution in [0.3, 0.4) is 0 Å². The predicted octanol–water partition coefficient (Wildman–Crippen LogP) is 14.0. The van der Waals surface area contributed by atoms with Crippen molar-refractivity contribution in [1.29, 1.82) is 0 Å². The fraction of sp³-hybridized carbons (Fsp3) is 0. The van der Waals surface area contributed by atoms with E-state index in [0.29, 0.717) is 0 Å². The van der Waals surface area contributed by atoms with Crippen molar-refractivity contribution in [2.75, 3.05) is 0 Å². The number of fused-ring (bicyclic) bond motifs is 9. The largest absolute Gasteiger partial charge is 0.309 e. The molecule has 14 rings (SSSR count). The maximum atomic E-state index is 2.65. The summed E-state index contributed by atoms with van der Waals surface area (Å²) in [4.78, 5) is 0. The van der Waals surface area contributed by atoms with Crippen LogP contribution in [0.15, 0.2) is 273 Å². The topological polar surface area (TPSA) is 14.8 Å². The minimum absolute atomic E-state index is 1.15. The van der Waals surface area contributed by atoms with E-state index in [1.165, 1.54) is 97.5 Å². The van der Waals surface area contributed by atoms with Gasteiger partial charge in [0.2, 0.25) is 0 Å². The average molecular weight is 908 g/mol. The summed E-state index contributed by atoms with van der Waals surface area (Å²) < 4.78 is 7.72. The molecule has 0 unspecified atom stereocenters. The van der Waals surface area contributed by atoms with Crippen LogP contribution in [-0.4, -0.2) is 21.8 Å². The molecule has 3 heterocycles. The van der Waals surface area contributed by atoms with Gasteiger partial charge in [-0.3, -0.25) is 0 Å². The van der Waals surface area contributed by atoms with E-state index in [2.05, 4.69) is 287 Å². The second-order valence-corrected chi connectivity index (χ2v) is 22.1. The predicted molar refractivity (Wildman–Crippen MR) is 299 cm³/mol. The summed E-state index contributed by atoms with van der Waals surface area (Å²) in [6.45, 7) is 0. The smallest absolute Gasteiger partial charge is 0.184 e. The van der Waals surface area contributed by atoms with Gasteiger partial charge in [0, 0.05) is 48.8 Å². The standard InChI is InChI=1S/C66H45N3Si/c1-5-24-46(25-6-1)50-32-13-18-37-56(50)67-60-41-22-17-36-55(60)64-61(67)42-23-43-62(64)69-59-40-21-16-35-53(59)54-44-45-63(68-57-38-19-14-33-51(57)52-34-15-20-39-58(52)68)66(65(54)69)70(47-26-7-2-8-27-47,48-28-9-3-10-29-48)49-30-11-4-12-31-49/h1-45H. The number of hydrogen-bond acceptors (Lipinski definition) is 0. The molecule has 0 N–H and O–H groups in total. The van der Waals surface area contributed by atoms with Crippen LogP contribution >= 0.6 is 0 Å². The summed E-state index contributed by atoms with van der Waals surface area (Å²) in [7, 11) is -3.33. The first-order valence-electron chi connectivity index (χ1n) is 24.2. The molecule has 4 heteroatoms. The first-order chi connectivity index (χ1) is 34.8. The highest BCUT2D eigenvalue weighted by atomic mass is 28.3. The zero-order valence-electron chi connectivity index (χ0n) is 38.3. The summed E-state index contributed by atoms with van der Waals surface area (Å²) >= 11 is 0. The van der Waals surface area contributed by atoms with Crippen LogP contribution in [0, 0.1) is 0 Å². The molecule has 3 aromatic heterocycles. The Labute approximate surface area is 407 Å². The van der Waals surface area contributed by atoms with Gasteiger partial charge in [0.1, 0.15) is 0 Å². The van der Waals surface area contributed by atoms with E-state index >= 15 is 0 Å². The number of hydrogen-bond donors (Lipinski definition) is 0. The van der Waals surface area contributed by atoms with Crippen LogP contribution < -0.4 is 20.7 Å². The molecule has 0 saturated heterocycles. The summed E-state index contributed by atoms with van der Waals surface area (Å²) in [5.74, 6) is 0. The Morgan fingerprint density at radius 1 is 0.243 bits per heavy atom. The Balaban J connectivity index is 1.23. The molecule has 0 fully saturated rings. The van der Waals surface area contributed by atoms with Gasteiger partial charge in [0.15, 0.2) is 8.07 Å². The van der Waals surface area contributed by atoms with Gasteiger partial charge in [0.05, 0.1) is 44.5 Å². The van der Waals surface area contributed by atoms with Crippen LogP contribution in [-0.2, 0) is 0 Å². The van der Waals surface area contributed by atoms with Crippen molar-refractivity contribution in [2.45, 2.75) is 0 Å². The van der Waals surface area contributed by atoms with Crippen LogP contribution in [0.1, 0.15) is 0 Å². The second kappa shape index (κ2) is 16.1. The number of benzene rings is 11. The summed E-state index contributed by atoms with van der Waals surface area (Å²) in [6.07, 6.45) is 0. The van der Waals surface area contributed by atoms with Gasteiger partial charge >= 0.3 is 0 Å². The first kappa shape index (κ1) is 40.1. The molecule has 0 aliphatic rings. The van der Waals surface area contributed by atoms with Crippen molar-refractivity contribution in [1.82, 2.24) is 13.7 Å². The van der Waals surface area contributed by atoms with Crippen molar-refractivity contribution in [3.05, 3.63) is 273 Å². The maximum absolute atomic E-state index is 3.33. The monoisotopic (exact) mass is 907 g/mol. The van der Waals surface area contributed by atoms with Crippen LogP contribution in [0.5, 0.6) is 0 Å². The third kappa shape index (κ3) is 5.81. The number of rotatable bonds is 8. The van der Waals surface area contributed by atoms with E-state index in [4.69, 9.17) is 0 Å². The molecule has 11 aromatic carbocycles. The molecule has 3 nitrogen and oxygen atoms in total. The Morgan fingerprint density at radius 2 is 0.643 bits per heavy atom. The van der Waals surface area contributed by atoms with Crippen molar-refractivity contribution in [3.8, 4) is 28.2 Å². The first-order valence-corrected chi connectivity index (χ1v) is 26.2. The Kier molecular flexibility index (Phi) is 9.23. The fourth-order valence-electron chi connectivity index (χ4n) is 12.0. The van der Waals surface area contributed by atoms with Crippen molar-refractivity contribution in [2.24, 2.45) is 0 Å². The van der Waals surface area contributed by atoms with Crippen LogP contribution in [0.25, 0.3) is 93.6 Å². The molecule has 0 bridgehead atoms. The van der Waals surface area contributed by atoms with Gasteiger partial charge in [-0.2, -0.15) is 0 Å². The minimum atomic E-state index is -3.33. The van der Waals surface area contributed by atoms with Crippen molar-refractivity contribution in [3.63, 3.8) is 0 Å². The quantitative estimate of drug-likeness (QED) is 0.107. The number of para-hydroxylation sites is 5. The number of nitrogens with zero attached hydrogens (tertiary/aromatic N) is 3. The lowest BCUT2D eigenvalue weighted by molar-refractivity contribution is 1.16. The normalized spacial score (nSPS) is 12.0. The molecule has 0 saturated carbocycles. The van der Waals surface area contributed by atoms with E-state index in [1.807, 2.05) is 0 Å². The van der Waals surface area contributed by atoms with Gasteiger partial charge in [-0.1, -0.05) is 224 Å². The molecule has 328 valence electrons. The molecular formula is C66H45N3Si. The van der Waals surface area contributed by atoms with Crippen molar-refractivity contribution < 1.29 is 0 Å².